The van der Waals surface area contributed by atoms with Crippen molar-refractivity contribution in [3.05, 3.63) is 81.1 Å². The Morgan fingerprint density at radius 3 is 2.48 bits per heavy atom. The van der Waals surface area contributed by atoms with E-state index < -0.39 is 0 Å². The van der Waals surface area contributed by atoms with Crippen LogP contribution in [0.3, 0.4) is 0 Å². The first-order valence-corrected chi connectivity index (χ1v) is 11.0. The smallest absolute Gasteiger partial charge is 0.253 e. The highest BCUT2D eigenvalue weighted by molar-refractivity contribution is 7.80. The predicted molar refractivity (Wildman–Crippen MR) is 134 cm³/mol. The Balaban J connectivity index is 1.86. The number of rotatable bonds is 7. The fourth-order valence-electron chi connectivity index (χ4n) is 3.73. The number of hydrogen-bond acceptors (Lipinski definition) is 3. The zero-order valence-electron chi connectivity index (χ0n) is 19.0. The van der Waals surface area contributed by atoms with Crippen molar-refractivity contribution in [1.82, 2.24) is 20.1 Å². The summed E-state index contributed by atoms with van der Waals surface area (Å²) in [6, 6.07) is 16.5. The Bertz CT molecular complexity index is 1110. The van der Waals surface area contributed by atoms with Gasteiger partial charge in [0.15, 0.2) is 5.11 Å². The zero-order chi connectivity index (χ0) is 22.5. The minimum Gasteiger partial charge on any atom is -0.356 e. The summed E-state index contributed by atoms with van der Waals surface area (Å²) in [6.07, 6.45) is 0. The molecule has 0 fully saturated rings. The largest absolute Gasteiger partial charge is 0.356 e. The second kappa shape index (κ2) is 10.1. The summed E-state index contributed by atoms with van der Waals surface area (Å²) in [5.41, 5.74) is 4.99. The van der Waals surface area contributed by atoms with Crippen molar-refractivity contribution in [3.63, 3.8) is 0 Å². The maximum atomic E-state index is 12.9. The second-order valence-corrected chi connectivity index (χ2v) is 8.86. The molecule has 0 spiro atoms. The van der Waals surface area contributed by atoms with E-state index in [0.717, 1.165) is 29.6 Å². The molecule has 0 amide bonds. The van der Waals surface area contributed by atoms with E-state index in [2.05, 4.69) is 58.2 Å². The first-order valence-electron chi connectivity index (χ1n) is 10.6. The molecule has 164 valence electrons. The molecule has 0 bridgehead atoms. The van der Waals surface area contributed by atoms with Crippen molar-refractivity contribution in [2.45, 2.75) is 33.4 Å². The molecule has 1 aromatic heterocycles. The first-order chi connectivity index (χ1) is 14.7. The standard InChI is InChI=1S/C25H32N4OS/c1-17-13-18(2)23-21(14-17)15-22(24(30)27-23)16-29(12-11-28(4)5)25(31)26-19(3)20-9-7-6-8-10-20/h6-10,13-15,19H,11-12,16H2,1-5H3,(H,26,31)(H,27,30)/t19-/m1/s1. The number of nitrogens with zero attached hydrogens (tertiary/aromatic N) is 2. The lowest BCUT2D eigenvalue weighted by molar-refractivity contribution is 0.320. The van der Waals surface area contributed by atoms with E-state index in [1.807, 2.05) is 45.3 Å². The minimum atomic E-state index is -0.0618. The van der Waals surface area contributed by atoms with Crippen molar-refractivity contribution in [2.75, 3.05) is 27.2 Å². The van der Waals surface area contributed by atoms with Crippen LogP contribution in [0.4, 0.5) is 0 Å². The van der Waals surface area contributed by atoms with Crippen LogP contribution in [-0.2, 0) is 6.54 Å². The Labute approximate surface area is 190 Å². The summed E-state index contributed by atoms with van der Waals surface area (Å²) < 4.78 is 0. The predicted octanol–water partition coefficient (Wildman–Crippen LogP) is 4.14. The van der Waals surface area contributed by atoms with Crippen LogP contribution in [0.5, 0.6) is 0 Å². The van der Waals surface area contributed by atoms with E-state index in [-0.39, 0.29) is 11.6 Å². The van der Waals surface area contributed by atoms with Crippen molar-refractivity contribution >= 4 is 28.2 Å². The van der Waals surface area contributed by atoms with Crippen LogP contribution >= 0.6 is 12.2 Å². The summed E-state index contributed by atoms with van der Waals surface area (Å²) in [6.45, 7) is 8.22. The number of aromatic nitrogens is 1. The van der Waals surface area contributed by atoms with E-state index in [1.165, 1.54) is 11.1 Å². The summed E-state index contributed by atoms with van der Waals surface area (Å²) >= 11 is 5.77. The van der Waals surface area contributed by atoms with Gasteiger partial charge in [-0.1, -0.05) is 42.0 Å². The quantitative estimate of drug-likeness (QED) is 0.545. The van der Waals surface area contributed by atoms with Crippen LogP contribution in [-0.4, -0.2) is 47.1 Å². The van der Waals surface area contributed by atoms with Crippen LogP contribution in [0.15, 0.2) is 53.3 Å². The van der Waals surface area contributed by atoms with Gasteiger partial charge >= 0.3 is 0 Å². The summed E-state index contributed by atoms with van der Waals surface area (Å²) in [5, 5.41) is 5.14. The molecule has 6 heteroatoms. The first kappa shape index (κ1) is 23.0. The van der Waals surface area contributed by atoms with E-state index in [1.54, 1.807) is 0 Å². The number of nitrogens with one attached hydrogen (secondary N) is 2. The van der Waals surface area contributed by atoms with Crippen molar-refractivity contribution in [2.24, 2.45) is 0 Å². The van der Waals surface area contributed by atoms with Crippen LogP contribution in [0.1, 0.15) is 35.2 Å². The van der Waals surface area contributed by atoms with Crippen molar-refractivity contribution < 1.29 is 0 Å². The Morgan fingerprint density at radius 1 is 1.10 bits per heavy atom. The molecule has 1 heterocycles. The van der Waals surface area contributed by atoms with Gasteiger partial charge in [0.2, 0.25) is 0 Å². The fraction of sp³-hybridized carbons (Fsp3) is 0.360. The topological polar surface area (TPSA) is 51.4 Å². The average Bonchev–Trinajstić information content (AvgIpc) is 2.72. The lowest BCUT2D eigenvalue weighted by Crippen LogP contribution is -2.44. The third-order valence-corrected chi connectivity index (χ3v) is 5.85. The van der Waals surface area contributed by atoms with Crippen molar-refractivity contribution in [3.8, 4) is 0 Å². The zero-order valence-corrected chi connectivity index (χ0v) is 19.8. The van der Waals surface area contributed by atoms with Gasteiger partial charge in [-0.2, -0.15) is 0 Å². The SMILES string of the molecule is Cc1cc(C)c2[nH]c(=O)c(CN(CCN(C)C)C(=S)N[C@H](C)c3ccccc3)cc2c1. The molecule has 2 N–H and O–H groups in total. The monoisotopic (exact) mass is 436 g/mol. The molecule has 1 atom stereocenters. The molecule has 31 heavy (non-hydrogen) atoms. The number of benzene rings is 2. The average molecular weight is 437 g/mol. The third-order valence-electron chi connectivity index (χ3n) is 5.48. The normalized spacial score (nSPS) is 12.2. The lowest BCUT2D eigenvalue weighted by Gasteiger charge is -2.29. The van der Waals surface area contributed by atoms with Gasteiger partial charge in [0.05, 0.1) is 18.1 Å². The van der Waals surface area contributed by atoms with E-state index >= 15 is 0 Å². The Morgan fingerprint density at radius 2 is 1.81 bits per heavy atom. The second-order valence-electron chi connectivity index (χ2n) is 8.48. The number of fused-ring (bicyclic) bond motifs is 1. The molecule has 3 aromatic rings. The molecule has 0 saturated heterocycles. The third kappa shape index (κ3) is 5.93. The van der Waals surface area contributed by atoms with Gasteiger partial charge < -0.3 is 20.1 Å². The van der Waals surface area contributed by atoms with Gasteiger partial charge in [0.25, 0.3) is 5.56 Å². The number of aromatic amines is 1. The van der Waals surface area contributed by atoms with Crippen LogP contribution in [0.25, 0.3) is 10.9 Å². The van der Waals surface area contributed by atoms with E-state index in [9.17, 15) is 4.79 Å². The molecule has 3 rings (SSSR count). The summed E-state index contributed by atoms with van der Waals surface area (Å²) in [4.78, 5) is 20.1. The molecule has 0 saturated carbocycles. The van der Waals surface area contributed by atoms with E-state index in [4.69, 9.17) is 12.2 Å². The highest BCUT2D eigenvalue weighted by atomic mass is 32.1. The van der Waals surface area contributed by atoms with Gasteiger partial charge in [-0.05, 0) is 75.7 Å². The number of likely N-dealkylation sites (N-methyl/N-ethyl adjacent to an activating group) is 1. The Hall–Kier alpha value is -2.70. The Kier molecular flexibility index (Phi) is 7.46. The highest BCUT2D eigenvalue weighted by Crippen LogP contribution is 2.19. The molecule has 0 radical (unpaired) electrons. The maximum Gasteiger partial charge on any atom is 0.253 e. The van der Waals surface area contributed by atoms with Crippen LogP contribution in [0, 0.1) is 13.8 Å². The molecule has 5 nitrogen and oxygen atoms in total. The maximum absolute atomic E-state index is 12.9. The molecule has 2 aromatic carbocycles. The summed E-state index contributed by atoms with van der Waals surface area (Å²) in [7, 11) is 4.07. The molecule has 0 aliphatic carbocycles. The van der Waals surface area contributed by atoms with Crippen molar-refractivity contribution in [1.29, 1.82) is 0 Å². The van der Waals surface area contributed by atoms with E-state index in [0.29, 0.717) is 17.2 Å². The summed E-state index contributed by atoms with van der Waals surface area (Å²) in [5.74, 6) is 0. The molecule has 0 aliphatic heterocycles. The van der Waals surface area contributed by atoms with Gasteiger partial charge in [0.1, 0.15) is 0 Å². The number of H-pyrrole nitrogens is 1. The number of pyridine rings is 1. The lowest BCUT2D eigenvalue weighted by atomic mass is 10.1. The number of hydrogen-bond donors (Lipinski definition) is 2. The highest BCUT2D eigenvalue weighted by Gasteiger charge is 2.16. The molecular weight excluding hydrogens is 404 g/mol. The molecule has 0 aliphatic rings. The van der Waals surface area contributed by atoms with Gasteiger partial charge in [-0.15, -0.1) is 0 Å². The number of aryl methyl sites for hydroxylation is 2. The minimum absolute atomic E-state index is 0.0618. The van der Waals surface area contributed by atoms with Gasteiger partial charge in [0, 0.05) is 18.7 Å². The van der Waals surface area contributed by atoms with Gasteiger partial charge in [-0.3, -0.25) is 4.79 Å². The van der Waals surface area contributed by atoms with Gasteiger partial charge in [-0.25, -0.2) is 0 Å². The van der Waals surface area contributed by atoms with Crippen LogP contribution in [0.2, 0.25) is 0 Å². The fourth-order valence-corrected chi connectivity index (χ4v) is 4.06. The molecule has 0 unspecified atom stereocenters. The number of thiocarbonyl (C=S) groups is 1. The molecular formula is C25H32N4OS. The van der Waals surface area contributed by atoms with Crippen LogP contribution < -0.4 is 10.9 Å².